The monoisotopic (exact) mass is 499 g/mol. The van der Waals surface area contributed by atoms with Crippen molar-refractivity contribution < 1.29 is 14.3 Å². The molecule has 0 atom stereocenters. The molecule has 0 N–H and O–H groups in total. The van der Waals surface area contributed by atoms with Crippen LogP contribution in [0.4, 0.5) is 5.69 Å². The second kappa shape index (κ2) is 12.4. The number of thioether (sulfide) groups is 1. The van der Waals surface area contributed by atoms with Crippen LogP contribution in [0.3, 0.4) is 0 Å². The molecule has 0 saturated heterocycles. The van der Waals surface area contributed by atoms with Crippen LogP contribution in [-0.4, -0.2) is 40.1 Å². The van der Waals surface area contributed by atoms with Crippen LogP contribution in [0.15, 0.2) is 90.1 Å². The van der Waals surface area contributed by atoms with E-state index >= 15 is 0 Å². The summed E-state index contributed by atoms with van der Waals surface area (Å²) >= 11 is 1.30. The highest BCUT2D eigenvalue weighted by Crippen LogP contribution is 2.25. The van der Waals surface area contributed by atoms with Gasteiger partial charge in [-0.15, -0.1) is 10.2 Å². The number of rotatable bonds is 11. The van der Waals surface area contributed by atoms with Gasteiger partial charge in [0.2, 0.25) is 5.91 Å². The summed E-state index contributed by atoms with van der Waals surface area (Å²) in [6.07, 6.45) is 0.248. The molecule has 36 heavy (non-hydrogen) atoms. The van der Waals surface area contributed by atoms with Gasteiger partial charge in [-0.1, -0.05) is 48.2 Å². The lowest BCUT2D eigenvalue weighted by Crippen LogP contribution is -2.33. The normalized spacial score (nSPS) is 10.4. The molecule has 4 rings (SSSR count). The van der Waals surface area contributed by atoms with Gasteiger partial charge in [0, 0.05) is 17.9 Å². The van der Waals surface area contributed by atoms with E-state index in [1.807, 2.05) is 89.5 Å². The second-order valence-electron chi connectivity index (χ2n) is 7.61. The first-order valence-corrected chi connectivity index (χ1v) is 12.3. The molecular weight excluding hydrogens is 474 g/mol. The zero-order chi connectivity index (χ0) is 25.2. The smallest absolute Gasteiger partial charge is 0.237 e. The Bertz CT molecular complexity index is 1310. The average Bonchev–Trinajstić information content (AvgIpc) is 3.35. The van der Waals surface area contributed by atoms with E-state index in [0.29, 0.717) is 23.3 Å². The van der Waals surface area contributed by atoms with Crippen molar-refractivity contribution in [2.24, 2.45) is 0 Å². The number of hydrogen-bond acceptors (Lipinski definition) is 7. The highest BCUT2D eigenvalue weighted by atomic mass is 32.2. The molecule has 0 bridgehead atoms. The van der Waals surface area contributed by atoms with E-state index in [1.165, 1.54) is 11.8 Å². The van der Waals surface area contributed by atoms with Gasteiger partial charge >= 0.3 is 0 Å². The van der Waals surface area contributed by atoms with Gasteiger partial charge in [0.25, 0.3) is 0 Å². The van der Waals surface area contributed by atoms with Gasteiger partial charge in [-0.3, -0.25) is 9.36 Å². The molecule has 1 aromatic heterocycles. The predicted octanol–water partition coefficient (Wildman–Crippen LogP) is 4.89. The maximum Gasteiger partial charge on any atom is 0.237 e. The van der Waals surface area contributed by atoms with E-state index in [-0.39, 0.29) is 24.7 Å². The first kappa shape index (κ1) is 24.8. The number of amides is 1. The lowest BCUT2D eigenvalue weighted by atomic mass is 10.2. The SMILES string of the molecule is COc1ccc(OCc2nnc(SCC(=O)N(CCC#N)c3ccccc3)n2-c2ccccc2)cc1. The van der Waals surface area contributed by atoms with E-state index < -0.39 is 0 Å². The number of benzene rings is 3. The maximum atomic E-state index is 13.1. The zero-order valence-corrected chi connectivity index (χ0v) is 20.6. The predicted molar refractivity (Wildman–Crippen MR) is 138 cm³/mol. The van der Waals surface area contributed by atoms with Gasteiger partial charge in [-0.25, -0.2) is 0 Å². The number of anilines is 1. The first-order chi connectivity index (χ1) is 17.7. The Morgan fingerprint density at radius 2 is 1.64 bits per heavy atom. The fourth-order valence-corrected chi connectivity index (χ4v) is 4.36. The third-order valence-corrected chi connectivity index (χ3v) is 6.20. The Kier molecular flexibility index (Phi) is 8.57. The number of nitriles is 1. The summed E-state index contributed by atoms with van der Waals surface area (Å²) in [6, 6.07) is 28.5. The van der Waals surface area contributed by atoms with Gasteiger partial charge in [0.15, 0.2) is 11.0 Å². The van der Waals surface area contributed by atoms with Gasteiger partial charge in [0.05, 0.1) is 25.4 Å². The van der Waals surface area contributed by atoms with E-state index in [1.54, 1.807) is 12.0 Å². The number of methoxy groups -OCH3 is 1. The van der Waals surface area contributed by atoms with Gasteiger partial charge in [0.1, 0.15) is 18.1 Å². The minimum absolute atomic E-state index is 0.111. The standard InChI is InChI=1S/C27H25N5O3S/c1-34-23-13-15-24(16-14-23)35-19-25-29-30-27(32(25)22-11-6-3-7-12-22)36-20-26(33)31(18-8-17-28)21-9-4-2-5-10-21/h2-7,9-16H,8,18-20H2,1H3. The van der Waals surface area contributed by atoms with Crippen LogP contribution in [0.5, 0.6) is 11.5 Å². The molecule has 0 unspecified atom stereocenters. The molecule has 0 saturated carbocycles. The summed E-state index contributed by atoms with van der Waals surface area (Å²) in [5.74, 6) is 2.07. The Morgan fingerprint density at radius 3 is 2.31 bits per heavy atom. The molecule has 9 heteroatoms. The van der Waals surface area contributed by atoms with Crippen molar-refractivity contribution in [3.63, 3.8) is 0 Å². The number of ether oxygens (including phenoxy) is 2. The van der Waals surface area contributed by atoms with Gasteiger partial charge in [-0.2, -0.15) is 5.26 Å². The second-order valence-corrected chi connectivity index (χ2v) is 8.55. The van der Waals surface area contributed by atoms with Crippen LogP contribution in [0, 0.1) is 11.3 Å². The van der Waals surface area contributed by atoms with E-state index in [4.69, 9.17) is 14.7 Å². The molecule has 3 aromatic carbocycles. The summed E-state index contributed by atoms with van der Waals surface area (Å²) in [4.78, 5) is 14.8. The van der Waals surface area contributed by atoms with Crippen LogP contribution < -0.4 is 14.4 Å². The van der Waals surface area contributed by atoms with E-state index in [0.717, 1.165) is 17.1 Å². The minimum Gasteiger partial charge on any atom is -0.497 e. The third-order valence-electron chi connectivity index (χ3n) is 5.28. The Labute approximate surface area is 214 Å². The molecule has 0 fully saturated rings. The molecule has 0 aliphatic carbocycles. The quantitative estimate of drug-likeness (QED) is 0.271. The largest absolute Gasteiger partial charge is 0.497 e. The molecule has 8 nitrogen and oxygen atoms in total. The number of aromatic nitrogens is 3. The number of carbonyl (C=O) groups is 1. The number of nitrogens with zero attached hydrogens (tertiary/aromatic N) is 5. The van der Waals surface area contributed by atoms with Crippen molar-refractivity contribution in [1.82, 2.24) is 14.8 Å². The van der Waals surface area contributed by atoms with Gasteiger partial charge in [-0.05, 0) is 48.5 Å². The fourth-order valence-electron chi connectivity index (χ4n) is 3.52. The zero-order valence-electron chi connectivity index (χ0n) is 19.8. The average molecular weight is 500 g/mol. The van der Waals surface area contributed by atoms with Crippen molar-refractivity contribution in [1.29, 1.82) is 5.26 Å². The highest BCUT2D eigenvalue weighted by molar-refractivity contribution is 7.99. The number of carbonyl (C=O) groups excluding carboxylic acids is 1. The molecule has 182 valence electrons. The highest BCUT2D eigenvalue weighted by Gasteiger charge is 2.20. The minimum atomic E-state index is -0.111. The summed E-state index contributed by atoms with van der Waals surface area (Å²) < 4.78 is 13.0. The first-order valence-electron chi connectivity index (χ1n) is 11.3. The van der Waals surface area contributed by atoms with Crippen LogP contribution in [-0.2, 0) is 11.4 Å². The Hall–Kier alpha value is -4.29. The Morgan fingerprint density at radius 1 is 0.972 bits per heavy atom. The summed E-state index contributed by atoms with van der Waals surface area (Å²) in [7, 11) is 1.62. The molecule has 1 heterocycles. The van der Waals surface area contributed by atoms with Crippen molar-refractivity contribution in [2.75, 3.05) is 24.3 Å². The third kappa shape index (κ3) is 6.23. The Balaban J connectivity index is 1.52. The van der Waals surface area contributed by atoms with Crippen LogP contribution in [0.2, 0.25) is 0 Å². The summed E-state index contributed by atoms with van der Waals surface area (Å²) in [5, 5.41) is 18.3. The molecule has 0 spiro atoms. The summed E-state index contributed by atoms with van der Waals surface area (Å²) in [5.41, 5.74) is 1.63. The van der Waals surface area contributed by atoms with E-state index in [2.05, 4.69) is 16.3 Å². The number of hydrogen-bond donors (Lipinski definition) is 0. The molecule has 0 aliphatic rings. The van der Waals surface area contributed by atoms with Crippen molar-refractivity contribution in [3.8, 4) is 23.3 Å². The van der Waals surface area contributed by atoms with Crippen molar-refractivity contribution in [2.45, 2.75) is 18.2 Å². The molecule has 0 radical (unpaired) electrons. The van der Waals surface area contributed by atoms with Crippen LogP contribution >= 0.6 is 11.8 Å². The molecular formula is C27H25N5O3S. The molecule has 4 aromatic rings. The van der Waals surface area contributed by atoms with Gasteiger partial charge < -0.3 is 14.4 Å². The van der Waals surface area contributed by atoms with Crippen molar-refractivity contribution in [3.05, 3.63) is 90.8 Å². The van der Waals surface area contributed by atoms with E-state index in [9.17, 15) is 4.79 Å². The van der Waals surface area contributed by atoms with Crippen molar-refractivity contribution >= 4 is 23.4 Å². The van der Waals surface area contributed by atoms with Crippen LogP contribution in [0.25, 0.3) is 5.69 Å². The summed E-state index contributed by atoms with van der Waals surface area (Å²) in [6.45, 7) is 0.521. The number of para-hydroxylation sites is 2. The lowest BCUT2D eigenvalue weighted by molar-refractivity contribution is -0.116. The maximum absolute atomic E-state index is 13.1. The van der Waals surface area contributed by atoms with Crippen LogP contribution in [0.1, 0.15) is 12.2 Å². The topological polar surface area (TPSA) is 93.3 Å². The molecule has 1 amide bonds. The lowest BCUT2D eigenvalue weighted by Gasteiger charge is -2.21. The fraction of sp³-hybridized carbons (Fsp3) is 0.185. The molecule has 0 aliphatic heterocycles.